The summed E-state index contributed by atoms with van der Waals surface area (Å²) in [6.07, 6.45) is -6.98. The summed E-state index contributed by atoms with van der Waals surface area (Å²) in [5.74, 6) is -4.85. The quantitative estimate of drug-likeness (QED) is 0.114. The summed E-state index contributed by atoms with van der Waals surface area (Å²) in [4.78, 5) is 75.8. The van der Waals surface area contributed by atoms with Crippen molar-refractivity contribution in [2.24, 2.45) is 0 Å². The molecule has 4 unspecified atom stereocenters. The van der Waals surface area contributed by atoms with Gasteiger partial charge in [-0.3, -0.25) is 19.2 Å². The Morgan fingerprint density at radius 3 is 1.00 bits per heavy atom. The van der Waals surface area contributed by atoms with Crippen molar-refractivity contribution in [2.45, 2.75) is 105 Å². The molecule has 14 nitrogen and oxygen atoms in total. The van der Waals surface area contributed by atoms with Crippen molar-refractivity contribution < 1.29 is 57.2 Å². The number of carbonyl (C=O) groups excluding carboxylic acids is 6. The fraction of sp³-hybridized carbons (Fsp3) is 0.667. The summed E-state index contributed by atoms with van der Waals surface area (Å²) in [7, 11) is 2.79. The summed E-state index contributed by atoms with van der Waals surface area (Å²) in [6.45, 7) is 11.3. The predicted molar refractivity (Wildman–Crippen MR) is 158 cm³/mol. The zero-order chi connectivity index (χ0) is 34.0. The third-order valence-electron chi connectivity index (χ3n) is 5.85. The number of carbonyl (C=O) groups is 6. The standard InChI is InChI=1S/C30H46N2O12/c1-11-21(33)41-19(15-39-29(37)25(31-9)17(5)6)27(43-23(35)13-3)28(44-24(36)14-4)20(42-22(34)12-2)16-40-30(38)26(32-10)18(7)8/h19-20,27-28H,11-16H2,1-10H3/q-2. The van der Waals surface area contributed by atoms with Gasteiger partial charge in [0.1, 0.15) is 13.2 Å². The van der Waals surface area contributed by atoms with Gasteiger partial charge in [0.2, 0.25) is 0 Å². The van der Waals surface area contributed by atoms with Crippen molar-refractivity contribution in [3.8, 4) is 0 Å². The van der Waals surface area contributed by atoms with Gasteiger partial charge in [0.25, 0.3) is 0 Å². The molecule has 0 rings (SSSR count). The fourth-order valence-corrected chi connectivity index (χ4v) is 3.57. The van der Waals surface area contributed by atoms with Gasteiger partial charge in [0.05, 0.1) is 0 Å². The number of rotatable bonds is 19. The van der Waals surface area contributed by atoms with E-state index in [1.165, 1.54) is 41.8 Å². The maximum Gasteiger partial charge on any atom is 0.315 e. The fourth-order valence-electron chi connectivity index (χ4n) is 3.57. The molecular formula is C30H46N2O12-2. The van der Waals surface area contributed by atoms with Crippen LogP contribution in [0.25, 0.3) is 10.6 Å². The molecule has 0 aliphatic rings. The number of hydrogen-bond acceptors (Lipinski definition) is 12. The minimum Gasteiger partial charge on any atom is -0.681 e. The first-order chi connectivity index (χ1) is 20.7. The average molecular weight is 627 g/mol. The molecule has 0 amide bonds. The molecule has 44 heavy (non-hydrogen) atoms. The molecule has 0 fully saturated rings. The van der Waals surface area contributed by atoms with E-state index in [0.717, 1.165) is 0 Å². The highest BCUT2D eigenvalue weighted by molar-refractivity contribution is 5.92. The lowest BCUT2D eigenvalue weighted by Crippen LogP contribution is -2.54. The Morgan fingerprint density at radius 1 is 0.500 bits per heavy atom. The number of allylic oxidation sites excluding steroid dienone is 2. The number of nitrogens with zero attached hydrogens (tertiary/aromatic N) is 2. The largest absolute Gasteiger partial charge is 0.681 e. The van der Waals surface area contributed by atoms with E-state index in [0.29, 0.717) is 11.1 Å². The van der Waals surface area contributed by atoms with E-state index in [-0.39, 0.29) is 37.1 Å². The van der Waals surface area contributed by atoms with Crippen LogP contribution >= 0.6 is 0 Å². The van der Waals surface area contributed by atoms with Crippen LogP contribution in [-0.4, -0.2) is 87.5 Å². The van der Waals surface area contributed by atoms with Crippen LogP contribution in [0.5, 0.6) is 0 Å². The van der Waals surface area contributed by atoms with Gasteiger partial charge in [-0.1, -0.05) is 50.2 Å². The van der Waals surface area contributed by atoms with Gasteiger partial charge in [-0.25, -0.2) is 9.59 Å². The lowest BCUT2D eigenvalue weighted by atomic mass is 10.0. The molecule has 0 saturated heterocycles. The lowest BCUT2D eigenvalue weighted by molar-refractivity contribution is -0.208. The van der Waals surface area contributed by atoms with Gasteiger partial charge >= 0.3 is 35.8 Å². The zero-order valence-electron chi connectivity index (χ0n) is 27.3. The molecule has 250 valence electrons. The van der Waals surface area contributed by atoms with E-state index in [4.69, 9.17) is 28.4 Å². The van der Waals surface area contributed by atoms with Crippen molar-refractivity contribution in [1.29, 1.82) is 0 Å². The average Bonchev–Trinajstić information content (AvgIpc) is 2.98. The summed E-state index contributed by atoms with van der Waals surface area (Å²) in [5, 5.41) is 7.81. The zero-order valence-corrected chi connectivity index (χ0v) is 27.3. The first-order valence-electron chi connectivity index (χ1n) is 14.4. The maximum absolute atomic E-state index is 12.8. The van der Waals surface area contributed by atoms with Crippen molar-refractivity contribution in [3.63, 3.8) is 0 Å². The molecule has 0 aromatic rings. The van der Waals surface area contributed by atoms with Gasteiger partial charge in [-0.2, -0.15) is 0 Å². The Morgan fingerprint density at radius 2 is 0.773 bits per heavy atom. The molecule has 0 saturated carbocycles. The first kappa shape index (κ1) is 39.9. The van der Waals surface area contributed by atoms with E-state index in [9.17, 15) is 28.8 Å². The van der Waals surface area contributed by atoms with Crippen LogP contribution in [0.3, 0.4) is 0 Å². The number of likely N-dealkylation sites (N-methyl/N-ethyl adjacent to an activating group) is 2. The van der Waals surface area contributed by atoms with Gasteiger partial charge in [-0.15, -0.1) is 14.1 Å². The smallest absolute Gasteiger partial charge is 0.315 e. The van der Waals surface area contributed by atoms with Gasteiger partial charge in [0, 0.05) is 25.7 Å². The maximum atomic E-state index is 12.8. The van der Waals surface area contributed by atoms with Crippen LogP contribution in [0.4, 0.5) is 0 Å². The molecule has 0 radical (unpaired) electrons. The van der Waals surface area contributed by atoms with Crippen molar-refractivity contribution in [2.75, 3.05) is 27.3 Å². The highest BCUT2D eigenvalue weighted by atomic mass is 16.6. The van der Waals surface area contributed by atoms with Crippen molar-refractivity contribution in [1.82, 2.24) is 0 Å². The monoisotopic (exact) mass is 626 g/mol. The second-order valence-corrected chi connectivity index (χ2v) is 9.72. The van der Waals surface area contributed by atoms with Crippen molar-refractivity contribution >= 4 is 35.8 Å². The molecule has 0 bridgehead atoms. The highest BCUT2D eigenvalue weighted by Crippen LogP contribution is 2.23. The summed E-state index contributed by atoms with van der Waals surface area (Å²) in [5.41, 5.74) is 1.12. The first-order valence-corrected chi connectivity index (χ1v) is 14.4. The number of hydrogen-bond donors (Lipinski definition) is 0. The molecule has 0 spiro atoms. The minimum absolute atomic E-state index is 0.0136. The number of esters is 6. The Kier molecular flexibility index (Phi) is 18.8. The lowest BCUT2D eigenvalue weighted by Gasteiger charge is -2.36. The normalized spacial score (nSPS) is 13.0. The Hall–Kier alpha value is -4.10. The minimum atomic E-state index is -1.68. The summed E-state index contributed by atoms with van der Waals surface area (Å²) >= 11 is 0. The van der Waals surface area contributed by atoms with Crippen LogP contribution in [0, 0.1) is 0 Å². The molecule has 0 aromatic heterocycles. The molecule has 0 N–H and O–H groups in total. The van der Waals surface area contributed by atoms with Crippen LogP contribution in [0.1, 0.15) is 81.1 Å². The topological polar surface area (TPSA) is 186 Å². The predicted octanol–water partition coefficient (Wildman–Crippen LogP) is 3.95. The molecular weight excluding hydrogens is 580 g/mol. The van der Waals surface area contributed by atoms with Crippen molar-refractivity contribution in [3.05, 3.63) is 33.2 Å². The molecule has 0 aromatic carbocycles. The van der Waals surface area contributed by atoms with E-state index in [1.54, 1.807) is 27.7 Å². The van der Waals surface area contributed by atoms with Crippen LogP contribution < -0.4 is 0 Å². The van der Waals surface area contributed by atoms with Gasteiger partial charge in [-0.05, 0) is 27.7 Å². The third-order valence-corrected chi connectivity index (χ3v) is 5.85. The van der Waals surface area contributed by atoms with Gasteiger partial charge < -0.3 is 39.1 Å². The molecule has 14 heteroatoms. The molecule has 0 aliphatic heterocycles. The van der Waals surface area contributed by atoms with Crippen LogP contribution in [0.15, 0.2) is 22.5 Å². The number of ether oxygens (including phenoxy) is 6. The Labute approximate surface area is 259 Å². The van der Waals surface area contributed by atoms with E-state index >= 15 is 0 Å². The van der Waals surface area contributed by atoms with E-state index in [1.807, 2.05) is 0 Å². The highest BCUT2D eigenvalue weighted by Gasteiger charge is 2.45. The summed E-state index contributed by atoms with van der Waals surface area (Å²) in [6, 6.07) is 0. The van der Waals surface area contributed by atoms with E-state index in [2.05, 4.69) is 10.6 Å². The van der Waals surface area contributed by atoms with Gasteiger partial charge in [0.15, 0.2) is 24.4 Å². The second kappa shape index (κ2) is 20.7. The SMILES string of the molecule is CCC(=O)OC(COC(=O)C([N-]C)=C(C)C)C(OC(=O)CC)C(OC(=O)CC)C(COC(=O)C([N-]C)=C(C)C)OC(=O)CC. The molecule has 4 atom stereocenters. The second-order valence-electron chi connectivity index (χ2n) is 9.72. The molecule has 0 heterocycles. The van der Waals surface area contributed by atoms with E-state index < -0.39 is 73.4 Å². The third kappa shape index (κ3) is 13.5. The molecule has 0 aliphatic carbocycles. The van der Waals surface area contributed by atoms with Crippen LogP contribution in [-0.2, 0) is 57.2 Å². The van der Waals surface area contributed by atoms with Crippen LogP contribution in [0.2, 0.25) is 0 Å². The Balaban J connectivity index is 7.01. The summed E-state index contributed by atoms with van der Waals surface area (Å²) < 4.78 is 33.0. The Bertz CT molecular complexity index is 990.